The Balaban J connectivity index is 1.88. The lowest BCUT2D eigenvalue weighted by Crippen LogP contribution is -2.34. The normalized spacial score (nSPS) is 18.9. The molecule has 1 atom stereocenters. The molecule has 1 fully saturated rings. The highest BCUT2D eigenvalue weighted by atomic mass is 14.7. The molecule has 0 radical (unpaired) electrons. The van der Waals surface area contributed by atoms with Crippen molar-refractivity contribution in [1.82, 2.24) is 0 Å². The van der Waals surface area contributed by atoms with E-state index in [2.05, 4.69) is 37.3 Å². The van der Waals surface area contributed by atoms with Gasteiger partial charge in [-0.05, 0) is 24.8 Å². The first kappa shape index (κ1) is 12.6. The van der Waals surface area contributed by atoms with Crippen molar-refractivity contribution < 1.29 is 0 Å². The molecule has 2 N–H and O–H groups in total. The Morgan fingerprint density at radius 3 is 2.41 bits per heavy atom. The molecule has 0 aromatic heterocycles. The van der Waals surface area contributed by atoms with Gasteiger partial charge in [0.2, 0.25) is 0 Å². The summed E-state index contributed by atoms with van der Waals surface area (Å²) in [5.41, 5.74) is 8.22. The highest BCUT2D eigenvalue weighted by Gasteiger charge is 2.48. The van der Waals surface area contributed by atoms with Gasteiger partial charge >= 0.3 is 0 Å². The summed E-state index contributed by atoms with van der Waals surface area (Å²) >= 11 is 0. The maximum Gasteiger partial charge on any atom is 0.0136 e. The van der Waals surface area contributed by atoms with Crippen LogP contribution in [-0.4, -0.2) is 6.04 Å². The quantitative estimate of drug-likeness (QED) is 0.705. The lowest BCUT2D eigenvalue weighted by molar-refractivity contribution is 0.458. The highest BCUT2D eigenvalue weighted by molar-refractivity contribution is 5.33. The van der Waals surface area contributed by atoms with E-state index in [-0.39, 0.29) is 0 Å². The number of rotatable bonds is 7. The summed E-state index contributed by atoms with van der Waals surface area (Å²) in [6, 6.07) is 11.2. The molecule has 1 aromatic carbocycles. The van der Waals surface area contributed by atoms with Gasteiger partial charge in [0.1, 0.15) is 0 Å². The van der Waals surface area contributed by atoms with E-state index < -0.39 is 0 Å². The van der Waals surface area contributed by atoms with Gasteiger partial charge in [0, 0.05) is 11.5 Å². The molecule has 1 aromatic rings. The summed E-state index contributed by atoms with van der Waals surface area (Å²) in [6.07, 6.45) is 9.05. The van der Waals surface area contributed by atoms with Crippen LogP contribution in [0.25, 0.3) is 0 Å². The minimum absolute atomic E-state index is 0.327. The second-order valence-electron chi connectivity index (χ2n) is 5.48. The largest absolute Gasteiger partial charge is 0.327 e. The van der Waals surface area contributed by atoms with Crippen molar-refractivity contribution in [3.05, 3.63) is 35.9 Å². The van der Waals surface area contributed by atoms with E-state index in [9.17, 15) is 0 Å². The third-order valence-electron chi connectivity index (χ3n) is 4.22. The fourth-order valence-electron chi connectivity index (χ4n) is 2.85. The molecule has 0 bridgehead atoms. The van der Waals surface area contributed by atoms with Crippen LogP contribution in [0.3, 0.4) is 0 Å². The van der Waals surface area contributed by atoms with Crippen molar-refractivity contribution >= 4 is 0 Å². The van der Waals surface area contributed by atoms with Gasteiger partial charge in [0.25, 0.3) is 0 Å². The Morgan fingerprint density at radius 1 is 1.12 bits per heavy atom. The summed E-state index contributed by atoms with van der Waals surface area (Å²) in [6.45, 7) is 2.26. The molecule has 1 nitrogen and oxygen atoms in total. The van der Waals surface area contributed by atoms with Gasteiger partial charge in [-0.3, -0.25) is 0 Å². The van der Waals surface area contributed by atoms with E-state index in [0.717, 1.165) is 0 Å². The molecule has 1 aliphatic carbocycles. The van der Waals surface area contributed by atoms with E-state index in [0.29, 0.717) is 11.5 Å². The zero-order valence-electron chi connectivity index (χ0n) is 11.0. The van der Waals surface area contributed by atoms with Gasteiger partial charge in [-0.2, -0.15) is 0 Å². The standard InChI is InChI=1S/C16H25N/c1-2-3-4-8-11-15(17)16(12-13-16)14-9-6-5-7-10-14/h5-7,9-10,15H,2-4,8,11-13,17H2,1H3. The number of hydrogen-bond acceptors (Lipinski definition) is 1. The topological polar surface area (TPSA) is 26.0 Å². The van der Waals surface area contributed by atoms with Gasteiger partial charge in [0.15, 0.2) is 0 Å². The lowest BCUT2D eigenvalue weighted by Gasteiger charge is -2.24. The van der Waals surface area contributed by atoms with Crippen LogP contribution in [0.15, 0.2) is 30.3 Å². The van der Waals surface area contributed by atoms with Crippen molar-refractivity contribution in [2.24, 2.45) is 5.73 Å². The van der Waals surface area contributed by atoms with Gasteiger partial charge in [0.05, 0.1) is 0 Å². The molecule has 0 aliphatic heterocycles. The number of benzene rings is 1. The molecule has 94 valence electrons. The molecular formula is C16H25N. The zero-order chi connectivity index (χ0) is 12.1. The summed E-state index contributed by atoms with van der Waals surface area (Å²) in [5, 5.41) is 0. The molecule has 1 aliphatic rings. The molecule has 17 heavy (non-hydrogen) atoms. The third-order valence-corrected chi connectivity index (χ3v) is 4.22. The average Bonchev–Trinajstić information content (AvgIpc) is 3.17. The maximum atomic E-state index is 6.43. The molecule has 0 spiro atoms. The lowest BCUT2D eigenvalue weighted by atomic mass is 9.85. The minimum atomic E-state index is 0.327. The first-order valence-electron chi connectivity index (χ1n) is 7.11. The van der Waals surface area contributed by atoms with Crippen molar-refractivity contribution in [3.8, 4) is 0 Å². The summed E-state index contributed by atoms with van der Waals surface area (Å²) in [4.78, 5) is 0. The summed E-state index contributed by atoms with van der Waals surface area (Å²) in [7, 11) is 0. The van der Waals surface area contributed by atoms with E-state index >= 15 is 0 Å². The first-order chi connectivity index (χ1) is 8.29. The van der Waals surface area contributed by atoms with Crippen LogP contribution >= 0.6 is 0 Å². The average molecular weight is 231 g/mol. The molecule has 0 amide bonds. The number of nitrogens with two attached hydrogens (primary N) is 1. The number of unbranched alkanes of at least 4 members (excludes halogenated alkanes) is 3. The van der Waals surface area contributed by atoms with Crippen molar-refractivity contribution in [1.29, 1.82) is 0 Å². The van der Waals surface area contributed by atoms with E-state index in [1.54, 1.807) is 0 Å². The fourth-order valence-corrected chi connectivity index (χ4v) is 2.85. The highest BCUT2D eigenvalue weighted by Crippen LogP contribution is 2.51. The Hall–Kier alpha value is -0.820. The smallest absolute Gasteiger partial charge is 0.0136 e. The molecule has 0 saturated heterocycles. The molecule has 2 rings (SSSR count). The Bertz CT molecular complexity index is 327. The van der Waals surface area contributed by atoms with Crippen LogP contribution in [0, 0.1) is 0 Å². The Morgan fingerprint density at radius 2 is 1.82 bits per heavy atom. The molecule has 1 saturated carbocycles. The summed E-state index contributed by atoms with van der Waals surface area (Å²) in [5.74, 6) is 0. The second kappa shape index (κ2) is 5.68. The maximum absolute atomic E-state index is 6.43. The Kier molecular flexibility index (Phi) is 4.22. The van der Waals surface area contributed by atoms with Gasteiger partial charge in [-0.1, -0.05) is 62.9 Å². The fraction of sp³-hybridized carbons (Fsp3) is 0.625. The van der Waals surface area contributed by atoms with E-state index in [4.69, 9.17) is 5.73 Å². The van der Waals surface area contributed by atoms with Gasteiger partial charge < -0.3 is 5.73 Å². The third kappa shape index (κ3) is 2.90. The van der Waals surface area contributed by atoms with Crippen molar-refractivity contribution in [2.75, 3.05) is 0 Å². The Labute approximate surface area is 105 Å². The first-order valence-corrected chi connectivity index (χ1v) is 7.11. The molecule has 1 unspecified atom stereocenters. The van der Waals surface area contributed by atoms with Crippen LogP contribution < -0.4 is 5.73 Å². The monoisotopic (exact) mass is 231 g/mol. The molecular weight excluding hydrogens is 206 g/mol. The second-order valence-corrected chi connectivity index (χ2v) is 5.48. The zero-order valence-corrected chi connectivity index (χ0v) is 11.0. The van der Waals surface area contributed by atoms with Crippen LogP contribution in [0.1, 0.15) is 57.4 Å². The van der Waals surface area contributed by atoms with Gasteiger partial charge in [-0.15, -0.1) is 0 Å². The van der Waals surface area contributed by atoms with Crippen molar-refractivity contribution in [3.63, 3.8) is 0 Å². The predicted octanol–water partition coefficient (Wildman–Crippen LogP) is 4.02. The predicted molar refractivity (Wildman–Crippen MR) is 74.1 cm³/mol. The summed E-state index contributed by atoms with van der Waals surface area (Å²) < 4.78 is 0. The van der Waals surface area contributed by atoms with Crippen LogP contribution in [0.5, 0.6) is 0 Å². The number of hydrogen-bond donors (Lipinski definition) is 1. The minimum Gasteiger partial charge on any atom is -0.327 e. The van der Waals surface area contributed by atoms with Crippen molar-refractivity contribution in [2.45, 2.75) is 63.3 Å². The van der Waals surface area contributed by atoms with E-state index in [1.807, 2.05) is 0 Å². The molecule has 1 heteroatoms. The van der Waals surface area contributed by atoms with Crippen LogP contribution in [-0.2, 0) is 5.41 Å². The van der Waals surface area contributed by atoms with Crippen LogP contribution in [0.2, 0.25) is 0 Å². The SMILES string of the molecule is CCCCCCC(N)C1(c2ccccc2)CC1. The van der Waals surface area contributed by atoms with Gasteiger partial charge in [-0.25, -0.2) is 0 Å². The van der Waals surface area contributed by atoms with E-state index in [1.165, 1.54) is 50.5 Å². The van der Waals surface area contributed by atoms with Crippen LogP contribution in [0.4, 0.5) is 0 Å². The molecule has 0 heterocycles.